The Morgan fingerprint density at radius 3 is 2.27 bits per heavy atom. The fourth-order valence-corrected chi connectivity index (χ4v) is 6.97. The van der Waals surface area contributed by atoms with Gasteiger partial charge in [0.25, 0.3) is 0 Å². The van der Waals surface area contributed by atoms with Crippen LogP contribution < -0.4 is 0 Å². The van der Waals surface area contributed by atoms with Crippen LogP contribution in [0.2, 0.25) is 0 Å². The van der Waals surface area contributed by atoms with Crippen LogP contribution in [0.1, 0.15) is 57.2 Å². The number of carboxylic acids is 1. The molecular weight excluding hydrogens is 503 g/mol. The van der Waals surface area contributed by atoms with Crippen molar-refractivity contribution in [2.75, 3.05) is 26.3 Å². The van der Waals surface area contributed by atoms with Gasteiger partial charge in [0.2, 0.25) is 10.0 Å². The third-order valence-corrected chi connectivity index (χ3v) is 8.61. The summed E-state index contributed by atoms with van der Waals surface area (Å²) in [6.45, 7) is 7.07. The maximum Gasteiger partial charge on any atom is 0.305 e. The van der Waals surface area contributed by atoms with Gasteiger partial charge in [0, 0.05) is 30.9 Å². The van der Waals surface area contributed by atoms with Crippen molar-refractivity contribution in [3.05, 3.63) is 41.3 Å². The standard InChI is InChI=1S/C26H37FN2O7S/c1-4-22-26(37(34,35)28-11-13-36-14-12-28)24(17(2)3)25(18-5-7-19(27)8-6-18)29(22)10-9-20(30)15-21(31)16-23(32)33/h5-8,17,20-21,30-31H,4,9-16H2,1-3H3,(H,32,33). The molecule has 0 saturated carbocycles. The van der Waals surface area contributed by atoms with Crippen LogP contribution >= 0.6 is 0 Å². The zero-order chi connectivity index (χ0) is 27.3. The minimum Gasteiger partial charge on any atom is -0.481 e. The third kappa shape index (κ3) is 6.77. The molecule has 0 aliphatic carbocycles. The summed E-state index contributed by atoms with van der Waals surface area (Å²) in [5, 5.41) is 29.4. The van der Waals surface area contributed by atoms with E-state index in [1.807, 2.05) is 25.3 Å². The molecule has 0 bridgehead atoms. The number of ether oxygens (including phenoxy) is 1. The van der Waals surface area contributed by atoms with Gasteiger partial charge in [-0.25, -0.2) is 12.8 Å². The minimum absolute atomic E-state index is 0.114. The van der Waals surface area contributed by atoms with Gasteiger partial charge in [-0.3, -0.25) is 4.79 Å². The molecule has 2 atom stereocenters. The number of sulfonamides is 1. The van der Waals surface area contributed by atoms with Gasteiger partial charge in [0.1, 0.15) is 10.7 Å². The van der Waals surface area contributed by atoms with Crippen LogP contribution in [0.3, 0.4) is 0 Å². The lowest BCUT2D eigenvalue weighted by Gasteiger charge is -2.27. The molecule has 2 heterocycles. The monoisotopic (exact) mass is 540 g/mol. The summed E-state index contributed by atoms with van der Waals surface area (Å²) in [5.41, 5.74) is 2.53. The fourth-order valence-electron chi connectivity index (χ4n) is 4.92. The largest absolute Gasteiger partial charge is 0.481 e. The highest BCUT2D eigenvalue weighted by atomic mass is 32.2. The number of morpholine rings is 1. The van der Waals surface area contributed by atoms with Crippen LogP contribution in [0, 0.1) is 5.82 Å². The van der Waals surface area contributed by atoms with Gasteiger partial charge in [-0.1, -0.05) is 20.8 Å². The summed E-state index contributed by atoms with van der Waals surface area (Å²) >= 11 is 0. The van der Waals surface area contributed by atoms with Crippen molar-refractivity contribution in [2.24, 2.45) is 0 Å². The zero-order valence-electron chi connectivity index (χ0n) is 21.6. The molecule has 2 aromatic rings. The summed E-state index contributed by atoms with van der Waals surface area (Å²) < 4.78 is 50.4. The van der Waals surface area contributed by atoms with E-state index in [9.17, 15) is 27.8 Å². The molecule has 2 unspecified atom stereocenters. The number of aromatic nitrogens is 1. The molecule has 3 rings (SSSR count). The normalized spacial score (nSPS) is 16.7. The first kappa shape index (κ1) is 29.2. The second kappa shape index (κ2) is 12.5. The Labute approximate surface area is 217 Å². The van der Waals surface area contributed by atoms with Crippen molar-refractivity contribution >= 4 is 16.0 Å². The lowest BCUT2D eigenvalue weighted by Crippen LogP contribution is -2.41. The molecule has 0 radical (unpaired) electrons. The van der Waals surface area contributed by atoms with E-state index < -0.39 is 40.4 Å². The van der Waals surface area contributed by atoms with Gasteiger partial charge in [0.15, 0.2) is 0 Å². The molecule has 0 spiro atoms. The molecule has 1 aromatic carbocycles. The van der Waals surface area contributed by atoms with Gasteiger partial charge in [-0.15, -0.1) is 0 Å². The molecule has 206 valence electrons. The van der Waals surface area contributed by atoms with Crippen molar-refractivity contribution in [2.45, 2.75) is 76.0 Å². The number of hydrogen-bond donors (Lipinski definition) is 3. The average molecular weight is 541 g/mol. The predicted molar refractivity (Wildman–Crippen MR) is 136 cm³/mol. The Kier molecular flexibility index (Phi) is 9.87. The molecule has 1 aromatic heterocycles. The number of aliphatic hydroxyl groups is 2. The smallest absolute Gasteiger partial charge is 0.305 e. The van der Waals surface area contributed by atoms with Crippen LogP contribution in [0.25, 0.3) is 11.3 Å². The average Bonchev–Trinajstić information content (AvgIpc) is 3.18. The summed E-state index contributed by atoms with van der Waals surface area (Å²) in [4.78, 5) is 11.1. The van der Waals surface area contributed by atoms with Gasteiger partial charge in [-0.2, -0.15) is 4.31 Å². The highest BCUT2D eigenvalue weighted by molar-refractivity contribution is 7.89. The molecule has 1 aliphatic rings. The highest BCUT2D eigenvalue weighted by Crippen LogP contribution is 2.41. The Morgan fingerprint density at radius 1 is 1.11 bits per heavy atom. The first-order valence-electron chi connectivity index (χ1n) is 12.6. The van der Waals surface area contributed by atoms with E-state index in [0.29, 0.717) is 42.1 Å². The van der Waals surface area contributed by atoms with E-state index in [-0.39, 0.29) is 43.3 Å². The van der Waals surface area contributed by atoms with Crippen molar-refractivity contribution in [1.82, 2.24) is 8.87 Å². The first-order valence-corrected chi connectivity index (χ1v) is 14.1. The summed E-state index contributed by atoms with van der Waals surface area (Å²) in [6.07, 6.45) is -2.21. The molecule has 0 amide bonds. The topological polar surface area (TPSA) is 129 Å². The second-order valence-corrected chi connectivity index (χ2v) is 11.5. The molecule has 9 nitrogen and oxygen atoms in total. The molecule has 37 heavy (non-hydrogen) atoms. The Bertz CT molecular complexity index is 1170. The SMILES string of the molecule is CCc1c(S(=O)(=O)N2CCOCC2)c(C(C)C)c(-c2ccc(F)cc2)n1CCC(O)CC(O)CC(=O)O. The van der Waals surface area contributed by atoms with Crippen LogP contribution in [0.15, 0.2) is 29.2 Å². The van der Waals surface area contributed by atoms with Crippen molar-refractivity contribution in [3.8, 4) is 11.3 Å². The second-order valence-electron chi connectivity index (χ2n) is 9.65. The molecule has 3 N–H and O–H groups in total. The molecule has 11 heteroatoms. The van der Waals surface area contributed by atoms with E-state index >= 15 is 0 Å². The number of halogens is 1. The Balaban J connectivity index is 2.13. The third-order valence-electron chi connectivity index (χ3n) is 6.60. The van der Waals surface area contributed by atoms with Crippen LogP contribution in [0.5, 0.6) is 0 Å². The number of benzene rings is 1. The Morgan fingerprint density at radius 2 is 1.73 bits per heavy atom. The first-order chi connectivity index (χ1) is 17.5. The number of rotatable bonds is 12. The van der Waals surface area contributed by atoms with E-state index in [4.69, 9.17) is 9.84 Å². The molecule has 1 saturated heterocycles. The number of aliphatic carboxylic acids is 1. The van der Waals surface area contributed by atoms with Crippen LogP contribution in [0.4, 0.5) is 4.39 Å². The van der Waals surface area contributed by atoms with Crippen LogP contribution in [-0.4, -0.2) is 77.1 Å². The summed E-state index contributed by atoms with van der Waals surface area (Å²) in [7, 11) is -3.88. The van der Waals surface area contributed by atoms with Crippen molar-refractivity contribution < 1.29 is 37.7 Å². The summed E-state index contributed by atoms with van der Waals surface area (Å²) in [5.74, 6) is -1.75. The predicted octanol–water partition coefficient (Wildman–Crippen LogP) is 2.98. The van der Waals surface area contributed by atoms with Crippen molar-refractivity contribution in [1.29, 1.82) is 0 Å². The number of carboxylic acid groups (broad SMARTS) is 1. The van der Waals surface area contributed by atoms with E-state index in [2.05, 4.69) is 0 Å². The van der Waals surface area contributed by atoms with Crippen molar-refractivity contribution in [3.63, 3.8) is 0 Å². The number of aliphatic hydroxyl groups excluding tert-OH is 2. The summed E-state index contributed by atoms with van der Waals surface area (Å²) in [6, 6.07) is 5.89. The molecule has 1 aliphatic heterocycles. The van der Waals surface area contributed by atoms with Gasteiger partial charge in [0.05, 0.1) is 37.5 Å². The number of carbonyl (C=O) groups is 1. The molecule has 1 fully saturated rings. The lowest BCUT2D eigenvalue weighted by molar-refractivity contribution is -0.139. The van der Waals surface area contributed by atoms with E-state index in [0.717, 1.165) is 0 Å². The molecular formula is C26H37FN2O7S. The van der Waals surface area contributed by atoms with E-state index in [1.54, 1.807) is 12.1 Å². The lowest BCUT2D eigenvalue weighted by atomic mass is 9.98. The quantitative estimate of drug-likeness (QED) is 0.377. The minimum atomic E-state index is -3.88. The zero-order valence-corrected chi connectivity index (χ0v) is 22.4. The van der Waals surface area contributed by atoms with Gasteiger partial charge in [-0.05, 0) is 55.0 Å². The van der Waals surface area contributed by atoms with Gasteiger partial charge >= 0.3 is 5.97 Å². The maximum atomic E-state index is 14.0. The fraction of sp³-hybridized carbons (Fsp3) is 0.577. The number of hydrogen-bond acceptors (Lipinski definition) is 6. The number of nitrogens with zero attached hydrogens (tertiary/aromatic N) is 2. The van der Waals surface area contributed by atoms with Crippen LogP contribution in [-0.2, 0) is 32.5 Å². The highest BCUT2D eigenvalue weighted by Gasteiger charge is 2.36. The van der Waals surface area contributed by atoms with Gasteiger partial charge < -0.3 is 24.6 Å². The Hall–Kier alpha value is -2.31. The maximum absolute atomic E-state index is 14.0. The van der Waals surface area contributed by atoms with E-state index in [1.165, 1.54) is 16.4 Å².